The molecule has 1 heterocycles. The van der Waals surface area contributed by atoms with Crippen molar-refractivity contribution in [2.45, 2.75) is 39.0 Å². The molecule has 0 amide bonds. The average molecular weight is 269 g/mol. The summed E-state index contributed by atoms with van der Waals surface area (Å²) in [5.74, 6) is 0.211. The standard InChI is InChI=1S/C12H17NO2S.C2H6/c1-12(2)7-8-13(9-12)16(15)11-5-3-10(14)4-6-11;1-2/h3-6,14H,7-9H2,1-2H3;1-2H3. The van der Waals surface area contributed by atoms with E-state index in [2.05, 4.69) is 13.8 Å². The van der Waals surface area contributed by atoms with E-state index in [0.717, 1.165) is 24.4 Å². The maximum atomic E-state index is 12.2. The van der Waals surface area contributed by atoms with Gasteiger partial charge in [0, 0.05) is 13.1 Å². The van der Waals surface area contributed by atoms with Crippen molar-refractivity contribution in [2.75, 3.05) is 13.1 Å². The van der Waals surface area contributed by atoms with Gasteiger partial charge in [0.2, 0.25) is 0 Å². The Morgan fingerprint density at radius 1 is 1.22 bits per heavy atom. The lowest BCUT2D eigenvalue weighted by Crippen LogP contribution is -2.25. The van der Waals surface area contributed by atoms with Crippen molar-refractivity contribution < 1.29 is 9.32 Å². The minimum Gasteiger partial charge on any atom is -0.508 e. The molecule has 0 bridgehead atoms. The fourth-order valence-corrected chi connectivity index (χ4v) is 3.31. The van der Waals surface area contributed by atoms with Crippen LogP contribution in [-0.4, -0.2) is 26.7 Å². The molecule has 0 saturated carbocycles. The van der Waals surface area contributed by atoms with Crippen LogP contribution in [0.3, 0.4) is 0 Å². The molecular weight excluding hydrogens is 246 g/mol. The van der Waals surface area contributed by atoms with Crippen molar-refractivity contribution in [1.82, 2.24) is 4.31 Å². The van der Waals surface area contributed by atoms with E-state index in [1.807, 2.05) is 18.2 Å². The van der Waals surface area contributed by atoms with Crippen LogP contribution in [0.2, 0.25) is 0 Å². The highest BCUT2D eigenvalue weighted by atomic mass is 32.2. The molecule has 1 aromatic carbocycles. The largest absolute Gasteiger partial charge is 0.508 e. The number of phenolic OH excluding ortho intramolecular Hbond substituents is 1. The van der Waals surface area contributed by atoms with Crippen LogP contribution in [0.1, 0.15) is 34.1 Å². The monoisotopic (exact) mass is 269 g/mol. The van der Waals surface area contributed by atoms with E-state index in [4.69, 9.17) is 0 Å². The van der Waals surface area contributed by atoms with Gasteiger partial charge in [-0.15, -0.1) is 0 Å². The number of phenols is 1. The Balaban J connectivity index is 0.000000771. The molecule has 1 fully saturated rings. The van der Waals surface area contributed by atoms with Crippen molar-refractivity contribution in [1.29, 1.82) is 0 Å². The Morgan fingerprint density at radius 2 is 1.78 bits per heavy atom. The zero-order valence-corrected chi connectivity index (χ0v) is 12.5. The van der Waals surface area contributed by atoms with Crippen LogP contribution in [0.25, 0.3) is 0 Å². The van der Waals surface area contributed by atoms with Gasteiger partial charge in [-0.2, -0.15) is 0 Å². The number of aromatic hydroxyl groups is 1. The molecule has 0 radical (unpaired) electrons. The molecule has 1 aromatic rings. The predicted octanol–water partition coefficient (Wildman–Crippen LogP) is 3.17. The summed E-state index contributed by atoms with van der Waals surface area (Å²) >= 11 is 0. The molecule has 102 valence electrons. The topological polar surface area (TPSA) is 40.5 Å². The van der Waals surface area contributed by atoms with Gasteiger partial charge in [-0.25, -0.2) is 8.51 Å². The number of benzene rings is 1. The first kappa shape index (κ1) is 15.2. The minimum atomic E-state index is -1.09. The van der Waals surface area contributed by atoms with E-state index in [9.17, 15) is 9.32 Å². The Morgan fingerprint density at radius 3 is 2.22 bits per heavy atom. The van der Waals surface area contributed by atoms with Gasteiger partial charge in [-0.3, -0.25) is 0 Å². The second-order valence-electron chi connectivity index (χ2n) is 5.02. The SMILES string of the molecule is CC.CC1(C)CCN(S(=O)c2ccc(O)cc2)C1. The molecule has 1 N–H and O–H groups in total. The van der Waals surface area contributed by atoms with Gasteiger partial charge < -0.3 is 5.11 Å². The molecule has 0 spiro atoms. The maximum Gasteiger partial charge on any atom is 0.127 e. The fourth-order valence-electron chi connectivity index (χ4n) is 1.92. The zero-order chi connectivity index (χ0) is 13.8. The third kappa shape index (κ3) is 3.82. The van der Waals surface area contributed by atoms with Crippen LogP contribution in [0, 0.1) is 5.41 Å². The third-order valence-electron chi connectivity index (χ3n) is 2.92. The summed E-state index contributed by atoms with van der Waals surface area (Å²) < 4.78 is 14.2. The maximum absolute atomic E-state index is 12.2. The quantitative estimate of drug-likeness (QED) is 0.896. The van der Waals surface area contributed by atoms with Crippen LogP contribution in [-0.2, 0) is 11.0 Å². The number of nitrogens with zero attached hydrogens (tertiary/aromatic N) is 1. The molecule has 1 saturated heterocycles. The molecule has 3 nitrogen and oxygen atoms in total. The van der Waals surface area contributed by atoms with Crippen molar-refractivity contribution >= 4 is 11.0 Å². The molecule has 2 rings (SSSR count). The lowest BCUT2D eigenvalue weighted by atomic mass is 9.93. The third-order valence-corrected chi connectivity index (χ3v) is 4.37. The Labute approximate surface area is 112 Å². The zero-order valence-electron chi connectivity index (χ0n) is 11.6. The molecule has 1 atom stereocenters. The van der Waals surface area contributed by atoms with Gasteiger partial charge in [0.1, 0.15) is 16.7 Å². The average Bonchev–Trinajstić information content (AvgIpc) is 2.72. The molecule has 0 aromatic heterocycles. The van der Waals surface area contributed by atoms with Crippen LogP contribution >= 0.6 is 0 Å². The number of rotatable bonds is 2. The Bertz CT molecular complexity index is 401. The van der Waals surface area contributed by atoms with Crippen LogP contribution < -0.4 is 0 Å². The summed E-state index contributed by atoms with van der Waals surface area (Å²) in [6.45, 7) is 10.1. The highest BCUT2D eigenvalue weighted by molar-refractivity contribution is 7.82. The van der Waals surface area contributed by atoms with E-state index in [0.29, 0.717) is 0 Å². The summed E-state index contributed by atoms with van der Waals surface area (Å²) in [6.07, 6.45) is 1.08. The van der Waals surface area contributed by atoms with E-state index in [1.54, 1.807) is 24.3 Å². The van der Waals surface area contributed by atoms with Crippen LogP contribution in [0.4, 0.5) is 0 Å². The van der Waals surface area contributed by atoms with Crippen LogP contribution in [0.5, 0.6) is 5.75 Å². The minimum absolute atomic E-state index is 0.211. The second kappa shape index (κ2) is 6.34. The lowest BCUT2D eigenvalue weighted by molar-refractivity contribution is 0.384. The van der Waals surface area contributed by atoms with Gasteiger partial charge in [0.25, 0.3) is 0 Å². The molecular formula is C14H23NO2S. The van der Waals surface area contributed by atoms with Gasteiger partial charge in [-0.05, 0) is 36.1 Å². The van der Waals surface area contributed by atoms with Gasteiger partial charge in [0.15, 0.2) is 0 Å². The van der Waals surface area contributed by atoms with E-state index < -0.39 is 11.0 Å². The molecule has 0 aliphatic carbocycles. The molecule has 1 aliphatic rings. The Kier molecular flexibility index (Phi) is 5.35. The normalized spacial score (nSPS) is 20.0. The van der Waals surface area contributed by atoms with E-state index in [-0.39, 0.29) is 11.2 Å². The highest BCUT2D eigenvalue weighted by Crippen LogP contribution is 2.31. The smallest absolute Gasteiger partial charge is 0.127 e. The number of hydrogen-bond donors (Lipinski definition) is 1. The molecule has 18 heavy (non-hydrogen) atoms. The summed E-state index contributed by atoms with van der Waals surface area (Å²) in [5.41, 5.74) is 0.257. The molecule has 1 unspecified atom stereocenters. The molecule has 1 aliphatic heterocycles. The first-order chi connectivity index (χ1) is 8.48. The van der Waals surface area contributed by atoms with Gasteiger partial charge >= 0.3 is 0 Å². The first-order valence-corrected chi connectivity index (χ1v) is 7.54. The highest BCUT2D eigenvalue weighted by Gasteiger charge is 2.32. The second-order valence-corrected chi connectivity index (χ2v) is 6.51. The predicted molar refractivity (Wildman–Crippen MR) is 75.8 cm³/mol. The van der Waals surface area contributed by atoms with Gasteiger partial charge in [-0.1, -0.05) is 27.7 Å². The molecule has 4 heteroatoms. The van der Waals surface area contributed by atoms with Crippen molar-refractivity contribution in [2.24, 2.45) is 5.41 Å². The fraction of sp³-hybridized carbons (Fsp3) is 0.571. The Hall–Kier alpha value is -0.870. The first-order valence-electron chi connectivity index (χ1n) is 6.44. The van der Waals surface area contributed by atoms with E-state index >= 15 is 0 Å². The summed E-state index contributed by atoms with van der Waals surface area (Å²) in [6, 6.07) is 6.59. The summed E-state index contributed by atoms with van der Waals surface area (Å²) in [5, 5.41) is 9.17. The summed E-state index contributed by atoms with van der Waals surface area (Å²) in [4.78, 5) is 0.760. The van der Waals surface area contributed by atoms with Crippen molar-refractivity contribution in [3.63, 3.8) is 0 Å². The van der Waals surface area contributed by atoms with Crippen molar-refractivity contribution in [3.8, 4) is 5.75 Å². The van der Waals surface area contributed by atoms with Crippen LogP contribution in [0.15, 0.2) is 29.2 Å². The van der Waals surface area contributed by atoms with Crippen molar-refractivity contribution in [3.05, 3.63) is 24.3 Å². The van der Waals surface area contributed by atoms with Gasteiger partial charge in [0.05, 0.1) is 4.90 Å². The summed E-state index contributed by atoms with van der Waals surface area (Å²) in [7, 11) is -1.09. The van der Waals surface area contributed by atoms with E-state index in [1.165, 1.54) is 0 Å². The lowest BCUT2D eigenvalue weighted by Gasteiger charge is -2.18. The number of hydrogen-bond acceptors (Lipinski definition) is 2.